The third kappa shape index (κ3) is 3.77. The molecule has 98 valence electrons. The lowest BCUT2D eigenvalue weighted by molar-refractivity contribution is 0.738. The molecule has 2 rings (SSSR count). The van der Waals surface area contributed by atoms with Gasteiger partial charge >= 0.3 is 0 Å². The number of hydrogen-bond donors (Lipinski definition) is 1. The van der Waals surface area contributed by atoms with Crippen LogP contribution in [0.15, 0.2) is 29.3 Å². The third-order valence-electron chi connectivity index (χ3n) is 3.21. The first-order chi connectivity index (χ1) is 8.81. The number of nitrogens with one attached hydrogen (secondary N) is 1. The molecule has 0 amide bonds. The number of amidine groups is 1. The van der Waals surface area contributed by atoms with Gasteiger partial charge in [-0.05, 0) is 37.0 Å². The van der Waals surface area contributed by atoms with Crippen LogP contribution in [0.1, 0.15) is 38.7 Å². The minimum Gasteiger partial charge on any atom is -0.335 e. The maximum absolute atomic E-state index is 4.64. The van der Waals surface area contributed by atoms with Gasteiger partial charge in [-0.1, -0.05) is 44.2 Å². The molecule has 2 nitrogen and oxygen atoms in total. The van der Waals surface area contributed by atoms with Crippen LogP contribution < -0.4 is 5.32 Å². The summed E-state index contributed by atoms with van der Waals surface area (Å²) in [6, 6.07) is 9.26. The molecule has 0 saturated carbocycles. The quantitative estimate of drug-likeness (QED) is 0.854. The molecule has 0 aliphatic carbocycles. The van der Waals surface area contributed by atoms with E-state index in [4.69, 9.17) is 0 Å². The van der Waals surface area contributed by atoms with Crippen molar-refractivity contribution >= 4 is 22.6 Å². The number of aryl methyl sites for hydroxylation is 1. The fraction of sp³-hybridized carbons (Fsp3) is 0.533. The van der Waals surface area contributed by atoms with Crippen molar-refractivity contribution in [2.24, 2.45) is 4.99 Å². The molecule has 0 saturated heterocycles. The highest BCUT2D eigenvalue weighted by atomic mass is 32.2. The molecule has 1 aromatic carbocycles. The van der Waals surface area contributed by atoms with E-state index in [1.54, 1.807) is 0 Å². The van der Waals surface area contributed by atoms with E-state index in [9.17, 15) is 0 Å². The Balaban J connectivity index is 1.90. The number of rotatable bonds is 5. The van der Waals surface area contributed by atoms with E-state index in [-0.39, 0.29) is 0 Å². The summed E-state index contributed by atoms with van der Waals surface area (Å²) < 4.78 is 0. The Kier molecular flexibility index (Phi) is 5.12. The van der Waals surface area contributed by atoms with Crippen molar-refractivity contribution in [3.8, 4) is 0 Å². The maximum Gasteiger partial charge on any atom is 0.161 e. The number of hydrogen-bond acceptors (Lipinski definition) is 3. The van der Waals surface area contributed by atoms with Crippen LogP contribution in [-0.4, -0.2) is 17.0 Å². The van der Waals surface area contributed by atoms with Crippen LogP contribution in [0.2, 0.25) is 0 Å². The fourth-order valence-electron chi connectivity index (χ4n) is 1.95. The van der Waals surface area contributed by atoms with Gasteiger partial charge in [0.1, 0.15) is 0 Å². The number of benzene rings is 1. The molecule has 1 heterocycles. The summed E-state index contributed by atoms with van der Waals surface area (Å²) in [5, 5.41) is 4.47. The summed E-state index contributed by atoms with van der Waals surface area (Å²) in [5.41, 5.74) is 2.58. The zero-order chi connectivity index (χ0) is 12.8. The van der Waals surface area contributed by atoms with E-state index in [0.717, 1.165) is 23.0 Å². The lowest BCUT2D eigenvalue weighted by atomic mass is 10.1. The number of unbranched alkanes of at least 4 members (excludes halogenated alkanes) is 1. The SMILES string of the molecule is CCCCc1ccc(NC2=N[C@@H](CC)CS2)cc1. The van der Waals surface area contributed by atoms with Crippen molar-refractivity contribution in [3.05, 3.63) is 29.8 Å². The summed E-state index contributed by atoms with van der Waals surface area (Å²) in [4.78, 5) is 4.64. The molecule has 0 aromatic heterocycles. The highest BCUT2D eigenvalue weighted by Gasteiger charge is 2.16. The van der Waals surface area contributed by atoms with E-state index >= 15 is 0 Å². The Labute approximate surface area is 114 Å². The Morgan fingerprint density at radius 1 is 1.28 bits per heavy atom. The number of thioether (sulfide) groups is 1. The number of nitrogens with zero attached hydrogens (tertiary/aromatic N) is 1. The average Bonchev–Trinajstić information content (AvgIpc) is 2.86. The van der Waals surface area contributed by atoms with Crippen LogP contribution in [0.4, 0.5) is 5.69 Å². The van der Waals surface area contributed by atoms with E-state index < -0.39 is 0 Å². The van der Waals surface area contributed by atoms with Crippen LogP contribution in [0.25, 0.3) is 0 Å². The highest BCUT2D eigenvalue weighted by Crippen LogP contribution is 2.22. The van der Waals surface area contributed by atoms with Gasteiger partial charge in [-0.3, -0.25) is 4.99 Å². The molecule has 3 heteroatoms. The van der Waals surface area contributed by atoms with Gasteiger partial charge in [-0.2, -0.15) is 0 Å². The fourth-order valence-corrected chi connectivity index (χ4v) is 3.03. The van der Waals surface area contributed by atoms with Gasteiger partial charge in [0, 0.05) is 11.4 Å². The first-order valence-electron chi connectivity index (χ1n) is 6.88. The monoisotopic (exact) mass is 262 g/mol. The molecule has 1 aromatic rings. The van der Waals surface area contributed by atoms with Gasteiger partial charge in [0.2, 0.25) is 0 Å². The smallest absolute Gasteiger partial charge is 0.161 e. The first-order valence-corrected chi connectivity index (χ1v) is 7.87. The van der Waals surface area contributed by atoms with Crippen molar-refractivity contribution in [2.45, 2.75) is 45.6 Å². The molecule has 0 bridgehead atoms. The average molecular weight is 262 g/mol. The van der Waals surface area contributed by atoms with Crippen molar-refractivity contribution in [2.75, 3.05) is 11.1 Å². The zero-order valence-corrected chi connectivity index (χ0v) is 12.1. The standard InChI is InChI=1S/C15H22N2S/c1-3-5-6-12-7-9-14(10-8-12)17-15-16-13(4-2)11-18-15/h7-10,13H,3-6,11H2,1-2H3,(H,16,17)/t13-/m0/s1. The Morgan fingerprint density at radius 3 is 2.67 bits per heavy atom. The van der Waals surface area contributed by atoms with Crippen molar-refractivity contribution in [1.29, 1.82) is 0 Å². The lowest BCUT2D eigenvalue weighted by Crippen LogP contribution is -2.05. The molecule has 1 atom stereocenters. The minimum absolute atomic E-state index is 0.501. The van der Waals surface area contributed by atoms with Crippen LogP contribution in [0, 0.1) is 0 Å². The molecule has 1 aliphatic heterocycles. The van der Waals surface area contributed by atoms with Gasteiger partial charge < -0.3 is 5.32 Å². The van der Waals surface area contributed by atoms with Crippen LogP contribution in [0.3, 0.4) is 0 Å². The Morgan fingerprint density at radius 2 is 2.06 bits per heavy atom. The second-order valence-electron chi connectivity index (χ2n) is 4.73. The normalized spacial score (nSPS) is 18.8. The lowest BCUT2D eigenvalue weighted by Gasteiger charge is -2.06. The van der Waals surface area contributed by atoms with Gasteiger partial charge in [0.05, 0.1) is 6.04 Å². The van der Waals surface area contributed by atoms with Crippen molar-refractivity contribution in [1.82, 2.24) is 0 Å². The molecule has 0 unspecified atom stereocenters. The van der Waals surface area contributed by atoms with Crippen molar-refractivity contribution < 1.29 is 0 Å². The largest absolute Gasteiger partial charge is 0.335 e. The molecule has 0 radical (unpaired) electrons. The second-order valence-corrected chi connectivity index (χ2v) is 5.74. The summed E-state index contributed by atoms with van der Waals surface area (Å²) in [6.45, 7) is 4.43. The number of anilines is 1. The Hall–Kier alpha value is -0.960. The molecule has 0 spiro atoms. The van der Waals surface area contributed by atoms with Crippen LogP contribution in [-0.2, 0) is 6.42 Å². The number of aliphatic imine (C=N–C) groups is 1. The summed E-state index contributed by atoms with van der Waals surface area (Å²) in [6.07, 6.45) is 4.85. The van der Waals surface area contributed by atoms with Gasteiger partial charge in [0.15, 0.2) is 5.17 Å². The molecule has 1 aliphatic rings. The molecule has 1 N–H and O–H groups in total. The Bertz CT molecular complexity index is 397. The van der Waals surface area contributed by atoms with Gasteiger partial charge in [-0.25, -0.2) is 0 Å². The molecular weight excluding hydrogens is 240 g/mol. The topological polar surface area (TPSA) is 24.4 Å². The predicted octanol–water partition coefficient (Wildman–Crippen LogP) is 4.32. The second kappa shape index (κ2) is 6.83. The molecule has 18 heavy (non-hydrogen) atoms. The van der Waals surface area contributed by atoms with E-state index in [1.165, 1.54) is 24.8 Å². The van der Waals surface area contributed by atoms with E-state index in [0.29, 0.717) is 6.04 Å². The van der Waals surface area contributed by atoms with E-state index in [1.807, 2.05) is 11.8 Å². The summed E-state index contributed by atoms with van der Waals surface area (Å²) in [5.74, 6) is 1.12. The van der Waals surface area contributed by atoms with Crippen LogP contribution >= 0.6 is 11.8 Å². The van der Waals surface area contributed by atoms with E-state index in [2.05, 4.69) is 48.4 Å². The maximum atomic E-state index is 4.64. The minimum atomic E-state index is 0.501. The summed E-state index contributed by atoms with van der Waals surface area (Å²) >= 11 is 1.83. The molecule has 0 fully saturated rings. The van der Waals surface area contributed by atoms with Crippen LogP contribution in [0.5, 0.6) is 0 Å². The molecular formula is C15H22N2S. The summed E-state index contributed by atoms with van der Waals surface area (Å²) in [7, 11) is 0. The third-order valence-corrected chi connectivity index (χ3v) is 4.24. The predicted molar refractivity (Wildman–Crippen MR) is 82.6 cm³/mol. The van der Waals surface area contributed by atoms with Crippen molar-refractivity contribution in [3.63, 3.8) is 0 Å². The zero-order valence-electron chi connectivity index (χ0n) is 11.3. The van der Waals surface area contributed by atoms with Gasteiger partial charge in [0.25, 0.3) is 0 Å². The van der Waals surface area contributed by atoms with Gasteiger partial charge in [-0.15, -0.1) is 0 Å². The first kappa shape index (κ1) is 13.5. The highest BCUT2D eigenvalue weighted by molar-refractivity contribution is 8.14.